The molecular formula is C13H21F2NO5. The first-order valence-electron chi connectivity index (χ1n) is 6.72. The van der Waals surface area contributed by atoms with Gasteiger partial charge in [0.1, 0.15) is 11.6 Å². The van der Waals surface area contributed by atoms with Gasteiger partial charge in [0.25, 0.3) is 12.3 Å². The van der Waals surface area contributed by atoms with E-state index in [2.05, 4.69) is 0 Å². The fourth-order valence-electron chi connectivity index (χ4n) is 1.80. The zero-order chi connectivity index (χ0) is 16.2. The molecule has 0 N–H and O–H groups in total. The van der Waals surface area contributed by atoms with Crippen LogP contribution in [-0.4, -0.2) is 60.9 Å². The third kappa shape index (κ3) is 4.60. The topological polar surface area (TPSA) is 65.1 Å². The first-order chi connectivity index (χ1) is 9.69. The smallest absolute Gasteiger partial charge is 0.417 e. The van der Waals surface area contributed by atoms with Crippen LogP contribution in [0, 0.1) is 0 Å². The minimum Gasteiger partial charge on any atom is -0.443 e. The number of rotatable bonds is 6. The molecule has 0 saturated carbocycles. The van der Waals surface area contributed by atoms with Crippen LogP contribution in [0.3, 0.4) is 0 Å². The predicted octanol–water partition coefficient (Wildman–Crippen LogP) is 1.82. The second-order valence-electron chi connectivity index (χ2n) is 5.50. The maximum atomic E-state index is 13.0. The van der Waals surface area contributed by atoms with Gasteiger partial charge in [-0.3, -0.25) is 4.79 Å². The van der Waals surface area contributed by atoms with Crippen LogP contribution in [0.1, 0.15) is 27.7 Å². The van der Waals surface area contributed by atoms with Gasteiger partial charge in [0.05, 0.1) is 13.2 Å². The zero-order valence-electron chi connectivity index (χ0n) is 12.6. The molecule has 1 fully saturated rings. The van der Waals surface area contributed by atoms with Crippen LogP contribution in [0.25, 0.3) is 0 Å². The third-order valence-electron chi connectivity index (χ3n) is 2.67. The average Bonchev–Trinajstić information content (AvgIpc) is 2.32. The van der Waals surface area contributed by atoms with Crippen LogP contribution in [0.15, 0.2) is 0 Å². The van der Waals surface area contributed by atoms with Gasteiger partial charge < -0.3 is 14.2 Å². The molecule has 8 heteroatoms. The molecule has 0 unspecified atom stereocenters. The van der Waals surface area contributed by atoms with Crippen LogP contribution in [0.4, 0.5) is 13.6 Å². The monoisotopic (exact) mass is 309 g/mol. The Kier molecular flexibility index (Phi) is 6.03. The van der Waals surface area contributed by atoms with Crippen molar-refractivity contribution >= 4 is 12.0 Å². The molecule has 1 aliphatic rings. The van der Waals surface area contributed by atoms with E-state index in [9.17, 15) is 18.4 Å². The number of imide groups is 1. The Labute approximate surface area is 122 Å². The molecule has 0 aromatic heterocycles. The van der Waals surface area contributed by atoms with Crippen molar-refractivity contribution in [3.05, 3.63) is 0 Å². The lowest BCUT2D eigenvalue weighted by molar-refractivity contribution is -0.185. The van der Waals surface area contributed by atoms with Crippen LogP contribution in [0.5, 0.6) is 0 Å². The van der Waals surface area contributed by atoms with Crippen molar-refractivity contribution < 1.29 is 32.6 Å². The van der Waals surface area contributed by atoms with E-state index in [4.69, 9.17) is 14.2 Å². The molecule has 2 amide bonds. The first kappa shape index (κ1) is 17.8. The van der Waals surface area contributed by atoms with E-state index in [0.717, 1.165) is 0 Å². The van der Waals surface area contributed by atoms with E-state index in [-0.39, 0.29) is 13.2 Å². The van der Waals surface area contributed by atoms with E-state index in [1.165, 1.54) is 0 Å². The molecule has 0 aromatic carbocycles. The normalized spacial score (nSPS) is 22.4. The van der Waals surface area contributed by atoms with E-state index in [0.29, 0.717) is 11.5 Å². The van der Waals surface area contributed by atoms with Crippen LogP contribution in [0.2, 0.25) is 0 Å². The zero-order valence-corrected chi connectivity index (χ0v) is 12.6. The molecule has 21 heavy (non-hydrogen) atoms. The summed E-state index contributed by atoms with van der Waals surface area (Å²) in [6, 6.07) is -1.62. The van der Waals surface area contributed by atoms with Crippen molar-refractivity contribution in [1.82, 2.24) is 4.90 Å². The lowest BCUT2D eigenvalue weighted by atomic mass is 9.99. The third-order valence-corrected chi connectivity index (χ3v) is 2.67. The number of amides is 2. The number of ether oxygens (including phenoxy) is 3. The molecule has 2 atom stereocenters. The number of hydrogen-bond donors (Lipinski definition) is 0. The van der Waals surface area contributed by atoms with Crippen molar-refractivity contribution in [2.75, 3.05) is 19.8 Å². The van der Waals surface area contributed by atoms with Gasteiger partial charge in [-0.25, -0.2) is 18.5 Å². The highest BCUT2D eigenvalue weighted by atomic mass is 19.3. The van der Waals surface area contributed by atoms with Crippen molar-refractivity contribution in [2.45, 2.75) is 51.9 Å². The average molecular weight is 309 g/mol. The van der Waals surface area contributed by atoms with Gasteiger partial charge in [0, 0.05) is 6.61 Å². The molecule has 0 bridgehead atoms. The second-order valence-corrected chi connectivity index (χ2v) is 5.50. The highest BCUT2D eigenvalue weighted by molar-refractivity contribution is 6.01. The van der Waals surface area contributed by atoms with Crippen molar-refractivity contribution in [3.8, 4) is 0 Å². The van der Waals surface area contributed by atoms with Gasteiger partial charge in [-0.1, -0.05) is 0 Å². The highest BCUT2D eigenvalue weighted by Gasteiger charge is 2.57. The van der Waals surface area contributed by atoms with Gasteiger partial charge in [-0.2, -0.15) is 0 Å². The fourth-order valence-corrected chi connectivity index (χ4v) is 1.80. The number of carbonyl (C=O) groups excluding carboxylic acids is 2. The minimum atomic E-state index is -2.90. The van der Waals surface area contributed by atoms with Crippen LogP contribution < -0.4 is 0 Å². The van der Waals surface area contributed by atoms with E-state index >= 15 is 0 Å². The lowest BCUT2D eigenvalue weighted by Crippen LogP contribution is -2.70. The summed E-state index contributed by atoms with van der Waals surface area (Å²) in [5, 5.41) is 0. The summed E-state index contributed by atoms with van der Waals surface area (Å²) in [6.45, 7) is 7.21. The van der Waals surface area contributed by atoms with Gasteiger partial charge >= 0.3 is 6.09 Å². The largest absolute Gasteiger partial charge is 0.443 e. The van der Waals surface area contributed by atoms with Gasteiger partial charge in [-0.15, -0.1) is 0 Å². The number of hydrogen-bond acceptors (Lipinski definition) is 5. The van der Waals surface area contributed by atoms with Crippen LogP contribution >= 0.6 is 0 Å². The number of likely N-dealkylation sites (tertiary alicyclic amines) is 1. The summed E-state index contributed by atoms with van der Waals surface area (Å²) in [5.74, 6) is -0.814. The van der Waals surface area contributed by atoms with E-state index < -0.39 is 36.2 Å². The standard InChI is InChI=1S/C13H21F2NO5/c1-5-19-6-7-20-9-8(10(14)15)16(11(9)17)12(18)21-13(2,3)4/h8-10H,5-7H2,1-4H3/t8-,9-/m0/s1. The second kappa shape index (κ2) is 7.13. The van der Waals surface area contributed by atoms with Crippen molar-refractivity contribution in [3.63, 3.8) is 0 Å². The molecule has 0 spiro atoms. The molecule has 122 valence electrons. The van der Waals surface area contributed by atoms with Gasteiger partial charge in [-0.05, 0) is 27.7 Å². The molecular weight excluding hydrogens is 288 g/mol. The Bertz CT molecular complexity index is 383. The molecule has 0 aliphatic carbocycles. The molecule has 6 nitrogen and oxygen atoms in total. The predicted molar refractivity (Wildman–Crippen MR) is 69.1 cm³/mol. The van der Waals surface area contributed by atoms with Gasteiger partial charge in [0.15, 0.2) is 6.10 Å². The Morgan fingerprint density at radius 3 is 2.43 bits per heavy atom. The summed E-state index contributed by atoms with van der Waals surface area (Å²) < 4.78 is 41.0. The summed E-state index contributed by atoms with van der Waals surface area (Å²) in [6.07, 6.45) is -5.31. The Morgan fingerprint density at radius 2 is 1.95 bits per heavy atom. The lowest BCUT2D eigenvalue weighted by Gasteiger charge is -2.44. The molecule has 1 aliphatic heterocycles. The number of β-lactam (4-membered cyclic amide) rings is 1. The highest BCUT2D eigenvalue weighted by Crippen LogP contribution is 2.30. The Hall–Kier alpha value is -1.28. The Balaban J connectivity index is 2.62. The molecule has 0 radical (unpaired) electrons. The quantitative estimate of drug-likeness (QED) is 0.553. The minimum absolute atomic E-state index is 0.00955. The first-order valence-corrected chi connectivity index (χ1v) is 6.72. The molecule has 0 aromatic rings. The molecule has 1 saturated heterocycles. The Morgan fingerprint density at radius 1 is 1.33 bits per heavy atom. The number of carbonyl (C=O) groups is 2. The SMILES string of the molecule is CCOCCO[C@@H]1C(=O)N(C(=O)OC(C)(C)C)[C@@H]1C(F)F. The number of nitrogens with zero attached hydrogens (tertiary/aromatic N) is 1. The van der Waals surface area contributed by atoms with Crippen molar-refractivity contribution in [2.24, 2.45) is 0 Å². The van der Waals surface area contributed by atoms with E-state index in [1.807, 2.05) is 0 Å². The summed E-state index contributed by atoms with van der Waals surface area (Å²) in [5.41, 5.74) is -0.870. The molecule has 1 rings (SSSR count). The fraction of sp³-hybridized carbons (Fsp3) is 0.846. The van der Waals surface area contributed by atoms with E-state index in [1.54, 1.807) is 27.7 Å². The number of alkyl halides is 2. The summed E-state index contributed by atoms with van der Waals surface area (Å²) >= 11 is 0. The van der Waals surface area contributed by atoms with Gasteiger partial charge in [0.2, 0.25) is 0 Å². The van der Waals surface area contributed by atoms with Crippen molar-refractivity contribution in [1.29, 1.82) is 0 Å². The number of halogens is 2. The maximum Gasteiger partial charge on any atom is 0.417 e. The maximum absolute atomic E-state index is 13.0. The summed E-state index contributed by atoms with van der Waals surface area (Å²) in [7, 11) is 0. The summed E-state index contributed by atoms with van der Waals surface area (Å²) in [4.78, 5) is 24.0. The molecule has 1 heterocycles. The van der Waals surface area contributed by atoms with Crippen LogP contribution in [-0.2, 0) is 19.0 Å².